The monoisotopic (exact) mass is 283 g/mol. The fourth-order valence-electron chi connectivity index (χ4n) is 1.27. The molecule has 20 heavy (non-hydrogen) atoms. The Labute approximate surface area is 117 Å². The number of nitrogens with one attached hydrogen (secondary N) is 2. The summed E-state index contributed by atoms with van der Waals surface area (Å²) < 4.78 is 1.20. The van der Waals surface area contributed by atoms with E-state index in [1.54, 1.807) is 0 Å². The van der Waals surface area contributed by atoms with E-state index < -0.39 is 5.97 Å². The van der Waals surface area contributed by atoms with E-state index in [1.807, 2.05) is 27.7 Å². The molecule has 3 N–H and O–H groups in total. The average Bonchev–Trinajstić information content (AvgIpc) is 2.71. The number of urea groups is 1. The summed E-state index contributed by atoms with van der Waals surface area (Å²) in [6.45, 7) is 7.99. The Morgan fingerprint density at radius 1 is 1.45 bits per heavy atom. The minimum atomic E-state index is -0.994. The van der Waals surface area contributed by atoms with Crippen LogP contribution in [0.5, 0.6) is 0 Å². The van der Waals surface area contributed by atoms with Crippen LogP contribution >= 0.6 is 0 Å². The SMILES string of the molecule is CC(NC(=O)NCc1cn(CC(=O)O)nn1)C(C)(C)C. The van der Waals surface area contributed by atoms with Crippen molar-refractivity contribution in [1.82, 2.24) is 25.6 Å². The number of carboxylic acid groups (broad SMARTS) is 1. The van der Waals surface area contributed by atoms with Crippen LogP contribution in [0, 0.1) is 5.41 Å². The molecule has 1 aromatic rings. The maximum Gasteiger partial charge on any atom is 0.325 e. The number of carbonyl (C=O) groups is 2. The third kappa shape index (κ3) is 5.25. The molecule has 1 heterocycles. The van der Waals surface area contributed by atoms with Crippen molar-refractivity contribution in [2.75, 3.05) is 0 Å². The lowest BCUT2D eigenvalue weighted by Crippen LogP contribution is -2.46. The summed E-state index contributed by atoms with van der Waals surface area (Å²) in [4.78, 5) is 22.2. The summed E-state index contributed by atoms with van der Waals surface area (Å²) in [6.07, 6.45) is 1.49. The Bertz CT molecular complexity index is 478. The van der Waals surface area contributed by atoms with Gasteiger partial charge in [0.15, 0.2) is 0 Å². The summed E-state index contributed by atoms with van der Waals surface area (Å²) in [5, 5.41) is 21.5. The number of hydrogen-bond acceptors (Lipinski definition) is 4. The van der Waals surface area contributed by atoms with Crippen molar-refractivity contribution >= 4 is 12.0 Å². The number of aromatic nitrogens is 3. The number of amides is 2. The van der Waals surface area contributed by atoms with Gasteiger partial charge >= 0.3 is 12.0 Å². The molecule has 0 aliphatic heterocycles. The van der Waals surface area contributed by atoms with Gasteiger partial charge < -0.3 is 15.7 Å². The zero-order valence-electron chi connectivity index (χ0n) is 12.2. The fourth-order valence-corrected chi connectivity index (χ4v) is 1.27. The van der Waals surface area contributed by atoms with E-state index in [-0.39, 0.29) is 30.6 Å². The van der Waals surface area contributed by atoms with E-state index in [9.17, 15) is 9.59 Å². The van der Waals surface area contributed by atoms with Crippen molar-refractivity contribution in [2.45, 2.75) is 46.8 Å². The molecule has 1 unspecified atom stereocenters. The van der Waals surface area contributed by atoms with Gasteiger partial charge in [-0.1, -0.05) is 26.0 Å². The molecule has 0 spiro atoms. The van der Waals surface area contributed by atoms with Crippen molar-refractivity contribution in [2.24, 2.45) is 5.41 Å². The fraction of sp³-hybridized carbons (Fsp3) is 0.667. The van der Waals surface area contributed by atoms with Gasteiger partial charge in [-0.25, -0.2) is 9.48 Å². The van der Waals surface area contributed by atoms with Gasteiger partial charge in [0.2, 0.25) is 0 Å². The van der Waals surface area contributed by atoms with E-state index in [0.29, 0.717) is 5.69 Å². The number of hydrogen-bond donors (Lipinski definition) is 3. The predicted octanol–water partition coefficient (Wildman–Crippen LogP) is 0.596. The van der Waals surface area contributed by atoms with E-state index in [0.717, 1.165) is 0 Å². The second-order valence-electron chi connectivity index (χ2n) is 5.72. The Morgan fingerprint density at radius 3 is 2.65 bits per heavy atom. The molecule has 0 saturated heterocycles. The highest BCUT2D eigenvalue weighted by Crippen LogP contribution is 2.18. The molecule has 0 saturated carbocycles. The van der Waals surface area contributed by atoms with Crippen molar-refractivity contribution in [3.63, 3.8) is 0 Å². The van der Waals surface area contributed by atoms with Gasteiger partial charge in [-0.05, 0) is 12.3 Å². The van der Waals surface area contributed by atoms with Crippen LogP contribution in [0.2, 0.25) is 0 Å². The summed E-state index contributed by atoms with van der Waals surface area (Å²) >= 11 is 0. The van der Waals surface area contributed by atoms with Gasteiger partial charge in [-0.3, -0.25) is 4.79 Å². The van der Waals surface area contributed by atoms with E-state index in [4.69, 9.17) is 5.11 Å². The Balaban J connectivity index is 2.41. The van der Waals surface area contributed by atoms with E-state index in [2.05, 4.69) is 20.9 Å². The molecule has 112 valence electrons. The van der Waals surface area contributed by atoms with E-state index in [1.165, 1.54) is 10.9 Å². The molecule has 0 fully saturated rings. The van der Waals surface area contributed by atoms with Crippen LogP contribution in [0.25, 0.3) is 0 Å². The van der Waals surface area contributed by atoms with Crippen molar-refractivity contribution in [3.05, 3.63) is 11.9 Å². The molecule has 0 radical (unpaired) electrons. The molecular weight excluding hydrogens is 262 g/mol. The first-order valence-corrected chi connectivity index (χ1v) is 6.33. The molecule has 1 atom stereocenters. The van der Waals surface area contributed by atoms with Gasteiger partial charge in [0, 0.05) is 6.04 Å². The summed E-state index contributed by atoms with van der Waals surface area (Å²) in [7, 11) is 0. The van der Waals surface area contributed by atoms with Crippen LogP contribution in [-0.2, 0) is 17.9 Å². The van der Waals surface area contributed by atoms with Crippen LogP contribution in [0.3, 0.4) is 0 Å². The zero-order valence-corrected chi connectivity index (χ0v) is 12.2. The second kappa shape index (κ2) is 6.36. The largest absolute Gasteiger partial charge is 0.480 e. The average molecular weight is 283 g/mol. The van der Waals surface area contributed by atoms with Crippen molar-refractivity contribution in [1.29, 1.82) is 0 Å². The first kappa shape index (κ1) is 15.9. The standard InChI is InChI=1S/C12H21N5O3/c1-8(12(2,3)4)14-11(20)13-5-9-6-17(16-15-9)7-10(18)19/h6,8H,5,7H2,1-4H3,(H,18,19)(H2,13,14,20). The number of carboxylic acids is 1. The molecule has 0 bridgehead atoms. The topological polar surface area (TPSA) is 109 Å². The molecule has 8 heteroatoms. The first-order valence-electron chi connectivity index (χ1n) is 6.33. The molecule has 1 aromatic heterocycles. The van der Waals surface area contributed by atoms with Crippen LogP contribution in [0.4, 0.5) is 4.79 Å². The lowest BCUT2D eigenvalue weighted by atomic mass is 9.88. The number of rotatable bonds is 5. The van der Waals surface area contributed by atoms with Crippen molar-refractivity contribution in [3.8, 4) is 0 Å². The molecule has 8 nitrogen and oxygen atoms in total. The van der Waals surface area contributed by atoms with Gasteiger partial charge in [-0.15, -0.1) is 5.10 Å². The highest BCUT2D eigenvalue weighted by atomic mass is 16.4. The third-order valence-electron chi connectivity index (χ3n) is 2.96. The van der Waals surface area contributed by atoms with Crippen LogP contribution in [0.1, 0.15) is 33.4 Å². The lowest BCUT2D eigenvalue weighted by Gasteiger charge is -2.27. The first-order chi connectivity index (χ1) is 9.18. The number of carbonyl (C=O) groups excluding carboxylic acids is 1. The van der Waals surface area contributed by atoms with Gasteiger partial charge in [0.05, 0.1) is 12.7 Å². The highest BCUT2D eigenvalue weighted by molar-refractivity contribution is 5.74. The Morgan fingerprint density at radius 2 is 2.10 bits per heavy atom. The highest BCUT2D eigenvalue weighted by Gasteiger charge is 2.21. The summed E-state index contributed by atoms with van der Waals surface area (Å²) in [5.74, 6) is -0.994. The van der Waals surface area contributed by atoms with Gasteiger partial charge in [0.1, 0.15) is 12.2 Å². The Kier molecular flexibility index (Phi) is 5.06. The normalized spacial score (nSPS) is 12.8. The third-order valence-corrected chi connectivity index (χ3v) is 2.96. The maximum absolute atomic E-state index is 11.7. The quantitative estimate of drug-likeness (QED) is 0.733. The summed E-state index contributed by atoms with van der Waals surface area (Å²) in [5.41, 5.74) is 0.479. The van der Waals surface area contributed by atoms with Crippen LogP contribution in [-0.4, -0.2) is 38.1 Å². The van der Waals surface area contributed by atoms with Gasteiger partial charge in [-0.2, -0.15) is 0 Å². The summed E-state index contributed by atoms with van der Waals surface area (Å²) in [6, 6.07) is -0.273. The lowest BCUT2D eigenvalue weighted by molar-refractivity contribution is -0.137. The minimum Gasteiger partial charge on any atom is -0.480 e. The smallest absolute Gasteiger partial charge is 0.325 e. The van der Waals surface area contributed by atoms with E-state index >= 15 is 0 Å². The maximum atomic E-state index is 11.7. The second-order valence-corrected chi connectivity index (χ2v) is 5.72. The molecular formula is C12H21N5O3. The Hall–Kier alpha value is -2.12. The minimum absolute atomic E-state index is 0.0187. The molecule has 0 aliphatic rings. The molecule has 0 aliphatic carbocycles. The van der Waals surface area contributed by atoms with Crippen LogP contribution in [0.15, 0.2) is 6.20 Å². The predicted molar refractivity (Wildman–Crippen MR) is 71.9 cm³/mol. The van der Waals surface area contributed by atoms with Gasteiger partial charge in [0.25, 0.3) is 0 Å². The van der Waals surface area contributed by atoms with Crippen molar-refractivity contribution < 1.29 is 14.7 Å². The molecule has 2 amide bonds. The number of nitrogens with zero attached hydrogens (tertiary/aromatic N) is 3. The number of aliphatic carboxylic acids is 1. The molecule has 0 aromatic carbocycles. The zero-order chi connectivity index (χ0) is 15.3. The van der Waals surface area contributed by atoms with Crippen LogP contribution < -0.4 is 10.6 Å². The molecule has 1 rings (SSSR count).